The second-order valence-electron chi connectivity index (χ2n) is 6.79. The number of nitrogens with zero attached hydrogens (tertiary/aromatic N) is 1. The van der Waals surface area contributed by atoms with Gasteiger partial charge >= 0.3 is 0 Å². The molecule has 0 saturated carbocycles. The lowest BCUT2D eigenvalue weighted by molar-refractivity contribution is -0.126. The van der Waals surface area contributed by atoms with Crippen molar-refractivity contribution >= 4 is 33.1 Å². The van der Waals surface area contributed by atoms with Crippen molar-refractivity contribution in [3.8, 4) is 11.1 Å². The minimum atomic E-state index is -3.79. The fraction of sp³-hybridized carbons (Fsp3) is 0.250. The first kappa shape index (κ1) is 21.4. The summed E-state index contributed by atoms with van der Waals surface area (Å²) in [5.74, 6) is -2.22. The number of nitrogens with one attached hydrogen (secondary N) is 1. The van der Waals surface area contributed by atoms with E-state index in [9.17, 15) is 17.6 Å². The number of hydrogen-bond donors (Lipinski definition) is 2. The van der Waals surface area contributed by atoms with Gasteiger partial charge in [-0.05, 0) is 53.3 Å². The van der Waals surface area contributed by atoms with E-state index in [0.29, 0.717) is 6.42 Å². The van der Waals surface area contributed by atoms with Gasteiger partial charge in [-0.3, -0.25) is 10.0 Å². The summed E-state index contributed by atoms with van der Waals surface area (Å²) < 4.78 is 39.0. The summed E-state index contributed by atoms with van der Waals surface area (Å²) in [5.41, 5.74) is 6.06. The summed E-state index contributed by atoms with van der Waals surface area (Å²) in [6, 6.07) is 10.5. The summed E-state index contributed by atoms with van der Waals surface area (Å²) in [6.45, 7) is 2.36. The standard InChI is InChI=1S/C20H20ClFN2O4S/c1-13-10-15(2-4-17(13)16-3-5-19(22)18(21)11-16)14-6-8-24(9-7-14)29(27,28)12-20(25)23-26/h2-6,10-11,26H,7-9,12H2,1H3,(H,23,25). The number of sulfonamides is 1. The van der Waals surface area contributed by atoms with Crippen LogP contribution in [-0.2, 0) is 14.8 Å². The molecule has 3 rings (SSSR count). The molecule has 29 heavy (non-hydrogen) atoms. The molecule has 0 bridgehead atoms. The molecule has 0 radical (unpaired) electrons. The smallest absolute Gasteiger partial charge is 0.259 e. The topological polar surface area (TPSA) is 86.7 Å². The van der Waals surface area contributed by atoms with Crippen molar-refractivity contribution in [2.45, 2.75) is 13.3 Å². The molecular weight excluding hydrogens is 419 g/mol. The van der Waals surface area contributed by atoms with E-state index in [4.69, 9.17) is 16.8 Å². The minimum absolute atomic E-state index is 0.0668. The number of hydrogen-bond acceptors (Lipinski definition) is 4. The van der Waals surface area contributed by atoms with Crippen molar-refractivity contribution in [3.05, 3.63) is 64.4 Å². The predicted octanol–water partition coefficient (Wildman–Crippen LogP) is 3.38. The molecule has 154 valence electrons. The van der Waals surface area contributed by atoms with E-state index >= 15 is 0 Å². The van der Waals surface area contributed by atoms with Crippen LogP contribution in [0.4, 0.5) is 4.39 Å². The van der Waals surface area contributed by atoms with Crippen LogP contribution in [0.2, 0.25) is 5.02 Å². The number of carbonyl (C=O) groups is 1. The largest absolute Gasteiger partial charge is 0.289 e. The van der Waals surface area contributed by atoms with Crippen LogP contribution in [0.25, 0.3) is 16.7 Å². The Morgan fingerprint density at radius 1 is 1.24 bits per heavy atom. The highest BCUT2D eigenvalue weighted by atomic mass is 35.5. The average molecular weight is 439 g/mol. The maximum absolute atomic E-state index is 13.4. The Labute approximate surface area is 173 Å². The van der Waals surface area contributed by atoms with Crippen LogP contribution in [0.5, 0.6) is 0 Å². The monoisotopic (exact) mass is 438 g/mol. The van der Waals surface area contributed by atoms with Crippen molar-refractivity contribution < 1.29 is 22.8 Å². The maximum Gasteiger partial charge on any atom is 0.259 e. The summed E-state index contributed by atoms with van der Waals surface area (Å²) in [4.78, 5) is 11.2. The van der Waals surface area contributed by atoms with Crippen LogP contribution in [0.1, 0.15) is 17.5 Å². The fourth-order valence-corrected chi connectivity index (χ4v) is 4.74. The molecule has 0 saturated heterocycles. The molecule has 0 spiro atoms. The van der Waals surface area contributed by atoms with Gasteiger partial charge in [0.25, 0.3) is 5.91 Å². The lowest BCUT2D eigenvalue weighted by Gasteiger charge is -2.26. The average Bonchev–Trinajstić information content (AvgIpc) is 2.70. The van der Waals surface area contributed by atoms with Crippen molar-refractivity contribution in [3.63, 3.8) is 0 Å². The fourth-order valence-electron chi connectivity index (χ4n) is 3.31. The van der Waals surface area contributed by atoms with E-state index < -0.39 is 27.5 Å². The van der Waals surface area contributed by atoms with Crippen LogP contribution >= 0.6 is 11.6 Å². The highest BCUT2D eigenvalue weighted by molar-refractivity contribution is 7.89. The zero-order valence-corrected chi connectivity index (χ0v) is 17.2. The third-order valence-corrected chi connectivity index (χ3v) is 6.87. The van der Waals surface area contributed by atoms with E-state index in [1.54, 1.807) is 12.1 Å². The van der Waals surface area contributed by atoms with Crippen LogP contribution in [-0.4, -0.2) is 42.7 Å². The zero-order valence-electron chi connectivity index (χ0n) is 15.7. The van der Waals surface area contributed by atoms with Gasteiger partial charge in [0, 0.05) is 13.1 Å². The van der Waals surface area contributed by atoms with E-state index in [1.807, 2.05) is 31.2 Å². The van der Waals surface area contributed by atoms with E-state index in [0.717, 1.165) is 27.8 Å². The second kappa shape index (κ2) is 8.62. The Morgan fingerprint density at radius 2 is 1.97 bits per heavy atom. The Hall–Kier alpha value is -2.26. The van der Waals surface area contributed by atoms with E-state index in [1.165, 1.54) is 15.9 Å². The Morgan fingerprint density at radius 3 is 2.55 bits per heavy atom. The van der Waals surface area contributed by atoms with Gasteiger partial charge < -0.3 is 0 Å². The molecule has 0 fully saturated rings. The van der Waals surface area contributed by atoms with E-state index in [2.05, 4.69) is 0 Å². The Balaban J connectivity index is 1.78. The molecule has 0 unspecified atom stereocenters. The molecule has 6 nitrogen and oxygen atoms in total. The number of hydroxylamine groups is 1. The molecule has 1 aliphatic rings. The highest BCUT2D eigenvalue weighted by Crippen LogP contribution is 2.31. The number of halogens is 2. The molecular formula is C20H20ClFN2O4S. The van der Waals surface area contributed by atoms with Crippen molar-refractivity contribution in [1.82, 2.24) is 9.79 Å². The second-order valence-corrected chi connectivity index (χ2v) is 9.16. The molecule has 2 aromatic carbocycles. The summed E-state index contributed by atoms with van der Waals surface area (Å²) in [6.07, 6.45) is 2.32. The lowest BCUT2D eigenvalue weighted by Crippen LogP contribution is -2.40. The maximum atomic E-state index is 13.4. The molecule has 0 aromatic heterocycles. The molecule has 0 aliphatic carbocycles. The highest BCUT2D eigenvalue weighted by Gasteiger charge is 2.27. The zero-order chi connectivity index (χ0) is 21.2. The molecule has 1 amide bonds. The first-order valence-electron chi connectivity index (χ1n) is 8.87. The van der Waals surface area contributed by atoms with Crippen LogP contribution in [0, 0.1) is 12.7 Å². The van der Waals surface area contributed by atoms with Crippen molar-refractivity contribution in [2.75, 3.05) is 18.8 Å². The summed E-state index contributed by atoms with van der Waals surface area (Å²) in [7, 11) is -3.79. The van der Waals surface area contributed by atoms with Gasteiger partial charge in [-0.2, -0.15) is 4.31 Å². The van der Waals surface area contributed by atoms with Gasteiger partial charge in [0.05, 0.1) is 5.02 Å². The van der Waals surface area contributed by atoms with Crippen LogP contribution in [0.3, 0.4) is 0 Å². The molecule has 2 aromatic rings. The molecule has 9 heteroatoms. The first-order valence-corrected chi connectivity index (χ1v) is 10.9. The summed E-state index contributed by atoms with van der Waals surface area (Å²) >= 11 is 5.88. The van der Waals surface area contributed by atoms with Gasteiger partial charge in [-0.25, -0.2) is 18.3 Å². The molecule has 1 aliphatic heterocycles. The van der Waals surface area contributed by atoms with Gasteiger partial charge in [0.1, 0.15) is 11.6 Å². The van der Waals surface area contributed by atoms with E-state index in [-0.39, 0.29) is 18.1 Å². The van der Waals surface area contributed by atoms with Crippen LogP contribution in [0.15, 0.2) is 42.5 Å². The van der Waals surface area contributed by atoms with Crippen molar-refractivity contribution in [2.24, 2.45) is 0 Å². The predicted molar refractivity (Wildman–Crippen MR) is 109 cm³/mol. The normalized spacial score (nSPS) is 15.1. The molecule has 2 N–H and O–H groups in total. The third-order valence-electron chi connectivity index (χ3n) is 4.83. The number of rotatable bonds is 5. The number of benzene rings is 2. The lowest BCUT2D eigenvalue weighted by atomic mass is 9.93. The third kappa shape index (κ3) is 4.84. The van der Waals surface area contributed by atoms with Crippen LogP contribution < -0.4 is 5.48 Å². The SMILES string of the molecule is Cc1cc(C2=CCN(S(=O)(=O)CC(=O)NO)CC2)ccc1-c1ccc(F)c(Cl)c1. The number of carbonyl (C=O) groups excluding carboxylic acids is 1. The minimum Gasteiger partial charge on any atom is -0.289 e. The van der Waals surface area contributed by atoms with Gasteiger partial charge in [0.15, 0.2) is 0 Å². The molecule has 0 atom stereocenters. The Bertz CT molecular complexity index is 1090. The van der Waals surface area contributed by atoms with Gasteiger partial charge in [0.2, 0.25) is 10.0 Å². The van der Waals surface area contributed by atoms with Gasteiger partial charge in [-0.1, -0.05) is 41.9 Å². The number of amides is 1. The van der Waals surface area contributed by atoms with Gasteiger partial charge in [-0.15, -0.1) is 0 Å². The molecule has 1 heterocycles. The quantitative estimate of drug-likeness (QED) is 0.553. The Kier molecular flexibility index (Phi) is 6.38. The summed E-state index contributed by atoms with van der Waals surface area (Å²) in [5, 5.41) is 8.59. The van der Waals surface area contributed by atoms with Crippen molar-refractivity contribution in [1.29, 1.82) is 0 Å². The number of aryl methyl sites for hydroxylation is 1. The first-order chi connectivity index (χ1) is 13.7.